The lowest BCUT2D eigenvalue weighted by atomic mass is 9.90. The summed E-state index contributed by atoms with van der Waals surface area (Å²) < 4.78 is 32.4. The van der Waals surface area contributed by atoms with E-state index in [2.05, 4.69) is 22.2 Å². The minimum absolute atomic E-state index is 0.0628. The zero-order valence-corrected chi connectivity index (χ0v) is 18.5. The molecule has 2 aliphatic heterocycles. The van der Waals surface area contributed by atoms with E-state index in [9.17, 15) is 13.6 Å². The molecule has 0 atom stereocenters. The van der Waals surface area contributed by atoms with Gasteiger partial charge >= 0.3 is 0 Å². The van der Waals surface area contributed by atoms with Gasteiger partial charge in [-0.2, -0.15) is 0 Å². The highest BCUT2D eigenvalue weighted by atomic mass is 19.1. The summed E-state index contributed by atoms with van der Waals surface area (Å²) in [6.07, 6.45) is 7.53. The zero-order chi connectivity index (χ0) is 21.8. The standard InChI is InChI=1S/C24H35F2N3O2/c1-28-10-8-21(9-11-28)29-12-6-17(7-13-29)24(30)27-20-2-4-22(5-3-20)31-23-15-18(25)14-19(26)16-23/h14-17,20-22H,2-13H2,1H3,(H,27,30). The molecular formula is C24H35F2N3O2. The van der Waals surface area contributed by atoms with Crippen molar-refractivity contribution in [3.63, 3.8) is 0 Å². The summed E-state index contributed by atoms with van der Waals surface area (Å²) >= 11 is 0. The molecule has 3 aliphatic rings. The second-order valence-electron chi connectivity index (χ2n) is 9.55. The Morgan fingerprint density at radius 3 is 2.13 bits per heavy atom. The second-order valence-corrected chi connectivity index (χ2v) is 9.55. The molecule has 1 amide bonds. The van der Waals surface area contributed by atoms with Crippen LogP contribution < -0.4 is 10.1 Å². The van der Waals surface area contributed by atoms with Crippen LogP contribution in [0.4, 0.5) is 8.78 Å². The number of piperidine rings is 2. The Balaban J connectivity index is 1.17. The van der Waals surface area contributed by atoms with Crippen LogP contribution in [0.25, 0.3) is 0 Å². The van der Waals surface area contributed by atoms with Crippen LogP contribution in [-0.2, 0) is 4.79 Å². The number of amides is 1. The van der Waals surface area contributed by atoms with Gasteiger partial charge in [0.25, 0.3) is 0 Å². The maximum Gasteiger partial charge on any atom is 0.223 e. The van der Waals surface area contributed by atoms with E-state index in [1.807, 2.05) is 0 Å². The number of likely N-dealkylation sites (tertiary alicyclic amines) is 2. The fourth-order valence-electron chi connectivity index (χ4n) is 5.32. The SMILES string of the molecule is CN1CCC(N2CCC(C(=O)NC3CCC(Oc4cc(F)cc(F)c4)CC3)CC2)CC1. The van der Waals surface area contributed by atoms with Crippen molar-refractivity contribution in [3.8, 4) is 5.75 Å². The smallest absolute Gasteiger partial charge is 0.223 e. The first-order chi connectivity index (χ1) is 15.0. The second kappa shape index (κ2) is 10.3. The minimum atomic E-state index is -0.627. The third kappa shape index (κ3) is 6.16. The van der Waals surface area contributed by atoms with E-state index < -0.39 is 11.6 Å². The van der Waals surface area contributed by atoms with E-state index in [1.165, 1.54) is 38.1 Å². The number of carbonyl (C=O) groups excluding carboxylic acids is 1. The summed E-state index contributed by atoms with van der Waals surface area (Å²) in [7, 11) is 2.19. The van der Waals surface area contributed by atoms with Gasteiger partial charge in [-0.1, -0.05) is 0 Å². The molecule has 1 N–H and O–H groups in total. The summed E-state index contributed by atoms with van der Waals surface area (Å²) in [5.74, 6) is -0.705. The molecule has 1 aromatic rings. The van der Waals surface area contributed by atoms with Gasteiger partial charge in [0.1, 0.15) is 17.4 Å². The number of benzene rings is 1. The lowest BCUT2D eigenvalue weighted by Crippen LogP contribution is -2.49. The van der Waals surface area contributed by atoms with Gasteiger partial charge in [0, 0.05) is 36.2 Å². The maximum atomic E-state index is 13.3. The van der Waals surface area contributed by atoms with E-state index in [4.69, 9.17) is 4.74 Å². The number of nitrogens with one attached hydrogen (secondary N) is 1. The Labute approximate surface area is 184 Å². The predicted molar refractivity (Wildman–Crippen MR) is 116 cm³/mol. The van der Waals surface area contributed by atoms with Crippen LogP contribution in [0.2, 0.25) is 0 Å². The molecule has 3 fully saturated rings. The van der Waals surface area contributed by atoms with Crippen molar-refractivity contribution < 1.29 is 18.3 Å². The minimum Gasteiger partial charge on any atom is -0.490 e. The van der Waals surface area contributed by atoms with Crippen LogP contribution in [-0.4, -0.2) is 67.1 Å². The average Bonchev–Trinajstić information content (AvgIpc) is 2.75. The van der Waals surface area contributed by atoms with Crippen LogP contribution in [0, 0.1) is 17.6 Å². The molecule has 2 heterocycles. The van der Waals surface area contributed by atoms with Crippen molar-refractivity contribution in [1.29, 1.82) is 0 Å². The van der Waals surface area contributed by atoms with Gasteiger partial charge in [-0.3, -0.25) is 4.79 Å². The van der Waals surface area contributed by atoms with Crippen molar-refractivity contribution in [2.45, 2.75) is 69.6 Å². The summed E-state index contributed by atoms with van der Waals surface area (Å²) in [6, 6.07) is 4.13. The topological polar surface area (TPSA) is 44.8 Å². The summed E-state index contributed by atoms with van der Waals surface area (Å²) in [5.41, 5.74) is 0. The van der Waals surface area contributed by atoms with Crippen molar-refractivity contribution in [2.75, 3.05) is 33.2 Å². The monoisotopic (exact) mass is 435 g/mol. The van der Waals surface area contributed by atoms with Gasteiger partial charge in [0.15, 0.2) is 0 Å². The summed E-state index contributed by atoms with van der Waals surface area (Å²) in [6.45, 7) is 4.39. The summed E-state index contributed by atoms with van der Waals surface area (Å²) in [4.78, 5) is 17.8. The average molecular weight is 436 g/mol. The van der Waals surface area contributed by atoms with Gasteiger partial charge in [-0.25, -0.2) is 8.78 Å². The van der Waals surface area contributed by atoms with Crippen LogP contribution in [0.5, 0.6) is 5.75 Å². The van der Waals surface area contributed by atoms with Crippen molar-refractivity contribution in [2.24, 2.45) is 5.92 Å². The first-order valence-electron chi connectivity index (χ1n) is 11.8. The number of halogens is 2. The Bertz CT molecular complexity index is 718. The molecule has 1 aromatic carbocycles. The molecule has 4 rings (SSSR count). The third-order valence-electron chi connectivity index (χ3n) is 7.26. The molecule has 0 bridgehead atoms. The van der Waals surface area contributed by atoms with Gasteiger partial charge < -0.3 is 19.9 Å². The molecule has 1 saturated carbocycles. The molecule has 7 heteroatoms. The zero-order valence-electron chi connectivity index (χ0n) is 18.5. The first-order valence-corrected chi connectivity index (χ1v) is 11.8. The van der Waals surface area contributed by atoms with Crippen molar-refractivity contribution in [3.05, 3.63) is 29.8 Å². The van der Waals surface area contributed by atoms with E-state index >= 15 is 0 Å². The number of hydrogen-bond donors (Lipinski definition) is 1. The Morgan fingerprint density at radius 1 is 0.903 bits per heavy atom. The molecule has 172 valence electrons. The van der Waals surface area contributed by atoms with Gasteiger partial charge in [-0.15, -0.1) is 0 Å². The number of rotatable bonds is 5. The van der Waals surface area contributed by atoms with Crippen molar-refractivity contribution in [1.82, 2.24) is 15.1 Å². The highest BCUT2D eigenvalue weighted by Gasteiger charge is 2.32. The Hall–Kier alpha value is -1.73. The quantitative estimate of drug-likeness (QED) is 0.768. The predicted octanol–water partition coefficient (Wildman–Crippen LogP) is 3.58. The molecule has 2 saturated heterocycles. The molecule has 1 aliphatic carbocycles. The van der Waals surface area contributed by atoms with Crippen LogP contribution in [0.15, 0.2) is 18.2 Å². The van der Waals surface area contributed by atoms with E-state index in [-0.39, 0.29) is 29.7 Å². The van der Waals surface area contributed by atoms with Crippen LogP contribution in [0.1, 0.15) is 51.4 Å². The van der Waals surface area contributed by atoms with Crippen molar-refractivity contribution >= 4 is 5.91 Å². The Morgan fingerprint density at radius 2 is 1.52 bits per heavy atom. The fraction of sp³-hybridized carbons (Fsp3) is 0.708. The number of carbonyl (C=O) groups is 1. The third-order valence-corrected chi connectivity index (χ3v) is 7.26. The molecule has 0 spiro atoms. The fourth-order valence-corrected chi connectivity index (χ4v) is 5.32. The molecular weight excluding hydrogens is 400 g/mol. The molecule has 0 aromatic heterocycles. The highest BCUT2D eigenvalue weighted by Crippen LogP contribution is 2.27. The first kappa shape index (κ1) is 22.5. The summed E-state index contributed by atoms with van der Waals surface area (Å²) in [5, 5.41) is 3.25. The van der Waals surface area contributed by atoms with Gasteiger partial charge in [0.2, 0.25) is 5.91 Å². The van der Waals surface area contributed by atoms with Crippen LogP contribution >= 0.6 is 0 Å². The van der Waals surface area contributed by atoms with Crippen LogP contribution in [0.3, 0.4) is 0 Å². The van der Waals surface area contributed by atoms with Gasteiger partial charge in [-0.05, 0) is 84.6 Å². The maximum absolute atomic E-state index is 13.3. The van der Waals surface area contributed by atoms with E-state index in [0.29, 0.717) is 6.04 Å². The molecule has 0 radical (unpaired) electrons. The van der Waals surface area contributed by atoms with Gasteiger partial charge in [0.05, 0.1) is 6.10 Å². The molecule has 5 nitrogen and oxygen atoms in total. The molecule has 31 heavy (non-hydrogen) atoms. The van der Waals surface area contributed by atoms with E-state index in [1.54, 1.807) is 0 Å². The Kier molecular flexibility index (Phi) is 7.43. The molecule has 0 unspecified atom stereocenters. The highest BCUT2D eigenvalue weighted by molar-refractivity contribution is 5.79. The number of ether oxygens (including phenoxy) is 1. The largest absolute Gasteiger partial charge is 0.490 e. The normalized spacial score (nSPS) is 27.2. The lowest BCUT2D eigenvalue weighted by molar-refractivity contribution is -0.127. The number of nitrogens with zero attached hydrogens (tertiary/aromatic N) is 2. The lowest BCUT2D eigenvalue weighted by Gasteiger charge is -2.41. The number of hydrogen-bond acceptors (Lipinski definition) is 4. The van der Waals surface area contributed by atoms with E-state index in [0.717, 1.165) is 57.7 Å².